The van der Waals surface area contributed by atoms with Crippen LogP contribution in [0.1, 0.15) is 32.3 Å². The summed E-state index contributed by atoms with van der Waals surface area (Å²) in [7, 11) is 3.57. The first-order chi connectivity index (χ1) is 12.4. The van der Waals surface area contributed by atoms with E-state index in [4.69, 9.17) is 21.1 Å². The Morgan fingerprint density at radius 3 is 2.65 bits per heavy atom. The Hall–Kier alpha value is -1.30. The van der Waals surface area contributed by atoms with Gasteiger partial charge in [0.25, 0.3) is 0 Å². The van der Waals surface area contributed by atoms with Crippen molar-refractivity contribution >= 4 is 17.6 Å². The number of nitrogens with one attached hydrogen (secondary N) is 2. The van der Waals surface area contributed by atoms with Crippen LogP contribution in [0.2, 0.25) is 5.02 Å². The molecule has 2 N–H and O–H groups in total. The van der Waals surface area contributed by atoms with E-state index in [1.807, 2.05) is 18.2 Å². The molecule has 0 unspecified atom stereocenters. The summed E-state index contributed by atoms with van der Waals surface area (Å²) in [4.78, 5) is 4.35. The lowest BCUT2D eigenvalue weighted by atomic mass is 9.86. The maximum absolute atomic E-state index is 6.10. The number of hydrogen-bond acceptors (Lipinski definition) is 3. The molecule has 1 aromatic rings. The van der Waals surface area contributed by atoms with Gasteiger partial charge in [-0.1, -0.05) is 37.6 Å². The van der Waals surface area contributed by atoms with Gasteiger partial charge in [-0.25, -0.2) is 0 Å². The van der Waals surface area contributed by atoms with Gasteiger partial charge in [-0.05, 0) is 29.5 Å². The van der Waals surface area contributed by atoms with Gasteiger partial charge in [-0.15, -0.1) is 0 Å². The molecule has 1 aliphatic rings. The molecule has 0 atom stereocenters. The van der Waals surface area contributed by atoms with Gasteiger partial charge < -0.3 is 20.1 Å². The second kappa shape index (κ2) is 9.58. The molecule has 0 spiro atoms. The first-order valence-electron chi connectivity index (χ1n) is 9.20. The minimum Gasteiger partial charge on any atom is -0.381 e. The van der Waals surface area contributed by atoms with Crippen molar-refractivity contribution in [3.05, 3.63) is 34.9 Å². The highest BCUT2D eigenvalue weighted by atomic mass is 35.5. The molecule has 0 aliphatic carbocycles. The molecule has 5 nitrogen and oxygen atoms in total. The fourth-order valence-electron chi connectivity index (χ4n) is 3.25. The van der Waals surface area contributed by atoms with Crippen LogP contribution in [-0.2, 0) is 15.9 Å². The Morgan fingerprint density at radius 2 is 2.04 bits per heavy atom. The first kappa shape index (κ1) is 21.0. The Kier molecular flexibility index (Phi) is 7.74. The van der Waals surface area contributed by atoms with E-state index in [9.17, 15) is 0 Å². The number of ether oxygens (including phenoxy) is 2. The molecule has 1 heterocycles. The van der Waals surface area contributed by atoms with Gasteiger partial charge >= 0.3 is 0 Å². The third-order valence-electron chi connectivity index (χ3n) is 4.94. The van der Waals surface area contributed by atoms with Crippen LogP contribution in [0.25, 0.3) is 0 Å². The molecule has 6 heteroatoms. The van der Waals surface area contributed by atoms with Crippen molar-refractivity contribution in [2.24, 2.45) is 10.4 Å². The number of rotatable bonds is 7. The molecule has 1 saturated heterocycles. The Balaban J connectivity index is 1.85. The van der Waals surface area contributed by atoms with Crippen molar-refractivity contribution < 1.29 is 9.47 Å². The lowest BCUT2D eigenvalue weighted by Gasteiger charge is -2.36. The van der Waals surface area contributed by atoms with E-state index in [0.29, 0.717) is 0 Å². The second-order valence-electron chi connectivity index (χ2n) is 7.75. The van der Waals surface area contributed by atoms with Crippen molar-refractivity contribution in [3.8, 4) is 0 Å². The summed E-state index contributed by atoms with van der Waals surface area (Å²) in [6.07, 6.45) is 2.73. The van der Waals surface area contributed by atoms with Crippen LogP contribution in [0, 0.1) is 5.41 Å². The topological polar surface area (TPSA) is 54.9 Å². The number of halogens is 1. The van der Waals surface area contributed by atoms with E-state index in [2.05, 4.69) is 35.5 Å². The first-order valence-corrected chi connectivity index (χ1v) is 9.58. The number of nitrogens with zero attached hydrogens (tertiary/aromatic N) is 1. The van der Waals surface area contributed by atoms with Crippen LogP contribution >= 0.6 is 11.6 Å². The van der Waals surface area contributed by atoms with Crippen LogP contribution in [0.4, 0.5) is 0 Å². The molecule has 1 aliphatic heterocycles. The van der Waals surface area contributed by atoms with Crippen LogP contribution in [-0.4, -0.2) is 52.0 Å². The molecular formula is C20H32ClN3O2. The van der Waals surface area contributed by atoms with E-state index in [0.717, 1.165) is 56.5 Å². The minimum atomic E-state index is -0.174. The van der Waals surface area contributed by atoms with Crippen LogP contribution in [0.15, 0.2) is 29.3 Å². The summed E-state index contributed by atoms with van der Waals surface area (Å²) in [6.45, 7) is 7.50. The normalized spacial score (nSPS) is 17.8. The van der Waals surface area contributed by atoms with Gasteiger partial charge in [-0.3, -0.25) is 4.99 Å². The largest absolute Gasteiger partial charge is 0.381 e. The molecule has 0 bridgehead atoms. The molecule has 0 aromatic heterocycles. The molecule has 146 valence electrons. The summed E-state index contributed by atoms with van der Waals surface area (Å²) in [5.74, 6) is 0.798. The van der Waals surface area contributed by atoms with Crippen LogP contribution in [0.5, 0.6) is 0 Å². The van der Waals surface area contributed by atoms with Crippen molar-refractivity contribution in [2.45, 2.75) is 38.7 Å². The third kappa shape index (κ3) is 6.45. The molecule has 2 rings (SSSR count). The maximum atomic E-state index is 6.10. The Morgan fingerprint density at radius 1 is 1.31 bits per heavy atom. The van der Waals surface area contributed by atoms with Crippen LogP contribution in [0.3, 0.4) is 0 Å². The highest BCUT2D eigenvalue weighted by Crippen LogP contribution is 2.24. The van der Waals surface area contributed by atoms with E-state index < -0.39 is 0 Å². The van der Waals surface area contributed by atoms with E-state index in [1.165, 1.54) is 5.56 Å². The number of aliphatic imine (C=N–C) groups is 1. The number of hydrogen-bond donors (Lipinski definition) is 2. The summed E-state index contributed by atoms with van der Waals surface area (Å²) >= 11 is 6.10. The molecule has 0 saturated carbocycles. The number of guanidine groups is 1. The lowest BCUT2D eigenvalue weighted by Crippen LogP contribution is -2.51. The SMILES string of the molecule is CN=C(NCC(C)(C)Cc1cccc(Cl)c1)NCC1(OC)CCOCC1. The van der Waals surface area contributed by atoms with Crippen molar-refractivity contribution in [1.29, 1.82) is 0 Å². The number of benzene rings is 1. The van der Waals surface area contributed by atoms with Gasteiger partial charge in [0.15, 0.2) is 5.96 Å². The van der Waals surface area contributed by atoms with Gasteiger partial charge in [0, 0.05) is 58.3 Å². The summed E-state index contributed by atoms with van der Waals surface area (Å²) in [5, 5.41) is 7.64. The summed E-state index contributed by atoms with van der Waals surface area (Å²) in [6, 6.07) is 8.06. The molecule has 1 aromatic carbocycles. The monoisotopic (exact) mass is 381 g/mol. The van der Waals surface area contributed by atoms with Crippen molar-refractivity contribution in [3.63, 3.8) is 0 Å². The zero-order chi connectivity index (χ0) is 19.0. The highest BCUT2D eigenvalue weighted by Gasteiger charge is 2.32. The van der Waals surface area contributed by atoms with Gasteiger partial charge in [-0.2, -0.15) is 0 Å². The Labute approximate surface area is 162 Å². The van der Waals surface area contributed by atoms with Crippen molar-refractivity contribution in [2.75, 3.05) is 40.5 Å². The molecule has 1 fully saturated rings. The zero-order valence-electron chi connectivity index (χ0n) is 16.4. The molecule has 0 amide bonds. The van der Waals surface area contributed by atoms with E-state index >= 15 is 0 Å². The maximum Gasteiger partial charge on any atom is 0.191 e. The van der Waals surface area contributed by atoms with Crippen LogP contribution < -0.4 is 10.6 Å². The molecule has 0 radical (unpaired) electrons. The smallest absolute Gasteiger partial charge is 0.191 e. The fourth-order valence-corrected chi connectivity index (χ4v) is 3.46. The lowest BCUT2D eigenvalue weighted by molar-refractivity contribution is -0.0855. The minimum absolute atomic E-state index is 0.0694. The predicted octanol–water partition coefficient (Wildman–Crippen LogP) is 3.27. The zero-order valence-corrected chi connectivity index (χ0v) is 17.2. The fraction of sp³-hybridized carbons (Fsp3) is 0.650. The van der Waals surface area contributed by atoms with Gasteiger partial charge in [0.1, 0.15) is 0 Å². The summed E-state index contributed by atoms with van der Waals surface area (Å²) < 4.78 is 11.2. The summed E-state index contributed by atoms with van der Waals surface area (Å²) in [5.41, 5.74) is 1.14. The van der Waals surface area contributed by atoms with Crippen molar-refractivity contribution in [1.82, 2.24) is 10.6 Å². The predicted molar refractivity (Wildman–Crippen MR) is 108 cm³/mol. The average molecular weight is 382 g/mol. The highest BCUT2D eigenvalue weighted by molar-refractivity contribution is 6.30. The Bertz CT molecular complexity index is 598. The van der Waals surface area contributed by atoms with Gasteiger partial charge in [0.2, 0.25) is 0 Å². The van der Waals surface area contributed by atoms with Gasteiger partial charge in [0.05, 0.1) is 5.60 Å². The second-order valence-corrected chi connectivity index (χ2v) is 8.19. The number of methoxy groups -OCH3 is 1. The average Bonchev–Trinajstić information content (AvgIpc) is 2.62. The van der Waals surface area contributed by atoms with E-state index in [-0.39, 0.29) is 11.0 Å². The molecular weight excluding hydrogens is 350 g/mol. The van der Waals surface area contributed by atoms with E-state index in [1.54, 1.807) is 14.2 Å². The molecule has 26 heavy (non-hydrogen) atoms. The quantitative estimate of drug-likeness (QED) is 0.562. The standard InChI is InChI=1S/C20H32ClN3O2/c1-19(2,13-16-6-5-7-17(21)12-16)14-23-18(22-3)24-15-20(25-4)8-10-26-11-9-20/h5-7,12H,8-11,13-15H2,1-4H3,(H2,22,23,24). The third-order valence-corrected chi connectivity index (χ3v) is 5.18.